The first-order valence-corrected chi connectivity index (χ1v) is 10.7. The van der Waals surface area contributed by atoms with E-state index in [1.165, 1.54) is 0 Å². The molecule has 0 aliphatic carbocycles. The van der Waals surface area contributed by atoms with Crippen LogP contribution in [0, 0.1) is 6.92 Å². The summed E-state index contributed by atoms with van der Waals surface area (Å²) in [6, 6.07) is 17.6. The number of carbonyl (C=O) groups excluding carboxylic acids is 2. The summed E-state index contributed by atoms with van der Waals surface area (Å²) in [6.45, 7) is 5.94. The normalized spacial score (nSPS) is 10.9. The lowest BCUT2D eigenvalue weighted by Crippen LogP contribution is -2.19. The number of rotatable bonds is 5. The van der Waals surface area contributed by atoms with Gasteiger partial charge in [0.05, 0.1) is 16.6 Å². The first-order valence-electron chi connectivity index (χ1n) is 10.7. The summed E-state index contributed by atoms with van der Waals surface area (Å²) in [4.78, 5) is 30.3. The molecule has 2 heterocycles. The van der Waals surface area contributed by atoms with Crippen LogP contribution in [0.4, 0.5) is 21.9 Å². The fraction of sp³-hybridized carbons (Fsp3) is 0.200. The summed E-state index contributed by atoms with van der Waals surface area (Å²) in [5, 5.41) is 13.7. The monoisotopic (exact) mass is 442 g/mol. The largest absolute Gasteiger partial charge is 0.323 e. The van der Waals surface area contributed by atoms with E-state index in [4.69, 9.17) is 4.98 Å². The minimum absolute atomic E-state index is 0.159. The molecule has 0 saturated heterocycles. The molecule has 2 aromatic carbocycles. The van der Waals surface area contributed by atoms with Gasteiger partial charge >= 0.3 is 6.03 Å². The number of carbonyl (C=O) groups is 2. The van der Waals surface area contributed by atoms with Crippen molar-refractivity contribution in [2.75, 3.05) is 16.0 Å². The second-order valence-corrected chi connectivity index (χ2v) is 8.14. The Morgan fingerprint density at radius 1 is 0.879 bits per heavy atom. The van der Waals surface area contributed by atoms with Crippen LogP contribution < -0.4 is 16.0 Å². The first-order chi connectivity index (χ1) is 15.8. The smallest absolute Gasteiger partial charge is 0.322 e. The minimum Gasteiger partial charge on any atom is -0.322 e. The Morgan fingerprint density at radius 2 is 1.52 bits per heavy atom. The zero-order valence-electron chi connectivity index (χ0n) is 19.0. The number of para-hydroxylation sites is 1. The van der Waals surface area contributed by atoms with Crippen LogP contribution in [0.25, 0.3) is 11.0 Å². The van der Waals surface area contributed by atoms with Gasteiger partial charge in [-0.3, -0.25) is 9.48 Å². The number of hydrogen-bond donors (Lipinski definition) is 3. The molecule has 4 aromatic rings. The highest BCUT2D eigenvalue weighted by Gasteiger charge is 2.20. The lowest BCUT2D eigenvalue weighted by Gasteiger charge is -2.12. The number of urea groups is 1. The SMILES string of the molecule is Cc1nn(C)c2nc(C(C)C)cc(C(=O)Nc3cccc(NC(=O)Nc4ccccc4)c3)c12. The van der Waals surface area contributed by atoms with E-state index < -0.39 is 0 Å². The number of anilines is 3. The van der Waals surface area contributed by atoms with E-state index in [1.807, 2.05) is 52.1 Å². The van der Waals surface area contributed by atoms with Crippen molar-refractivity contribution in [1.82, 2.24) is 14.8 Å². The molecule has 0 radical (unpaired) electrons. The van der Waals surface area contributed by atoms with Crippen molar-refractivity contribution in [2.24, 2.45) is 7.05 Å². The van der Waals surface area contributed by atoms with Gasteiger partial charge in [0, 0.05) is 29.8 Å². The van der Waals surface area contributed by atoms with E-state index in [-0.39, 0.29) is 17.9 Å². The third kappa shape index (κ3) is 4.85. The lowest BCUT2D eigenvalue weighted by atomic mass is 10.0. The van der Waals surface area contributed by atoms with Crippen molar-refractivity contribution in [3.05, 3.63) is 77.6 Å². The Hall–Kier alpha value is -4.20. The Balaban J connectivity index is 1.56. The van der Waals surface area contributed by atoms with Crippen molar-refractivity contribution in [3.63, 3.8) is 0 Å². The van der Waals surface area contributed by atoms with E-state index in [2.05, 4.69) is 21.0 Å². The standard InChI is InChI=1S/C25H26N6O2/c1-15(2)21-14-20(22-16(3)30-31(4)23(22)29-21)24(32)26-18-11-8-12-19(13-18)28-25(33)27-17-9-6-5-7-10-17/h5-15H,1-4H3,(H,26,32)(H2,27,28,33). The molecular weight excluding hydrogens is 416 g/mol. The maximum absolute atomic E-state index is 13.3. The van der Waals surface area contributed by atoms with Crippen molar-refractivity contribution in [1.29, 1.82) is 0 Å². The molecule has 0 unspecified atom stereocenters. The van der Waals surface area contributed by atoms with Crippen LogP contribution in [-0.2, 0) is 7.05 Å². The Labute approximate surface area is 192 Å². The number of pyridine rings is 1. The molecule has 4 rings (SSSR count). The zero-order valence-corrected chi connectivity index (χ0v) is 19.0. The quantitative estimate of drug-likeness (QED) is 0.391. The Kier molecular flexibility index (Phi) is 6.08. The second kappa shape index (κ2) is 9.12. The fourth-order valence-corrected chi connectivity index (χ4v) is 3.63. The van der Waals surface area contributed by atoms with Gasteiger partial charge in [-0.25, -0.2) is 9.78 Å². The van der Waals surface area contributed by atoms with Crippen molar-refractivity contribution in [3.8, 4) is 0 Å². The molecule has 2 aromatic heterocycles. The van der Waals surface area contributed by atoms with Gasteiger partial charge in [0.1, 0.15) is 0 Å². The molecule has 0 aliphatic heterocycles. The number of nitrogens with one attached hydrogen (secondary N) is 3. The van der Waals surface area contributed by atoms with Crippen LogP contribution in [0.5, 0.6) is 0 Å². The van der Waals surface area contributed by atoms with Crippen LogP contribution in [-0.4, -0.2) is 26.7 Å². The average molecular weight is 443 g/mol. The van der Waals surface area contributed by atoms with Gasteiger partial charge in [0.25, 0.3) is 5.91 Å². The summed E-state index contributed by atoms with van der Waals surface area (Å²) in [6.07, 6.45) is 0. The van der Waals surface area contributed by atoms with Crippen molar-refractivity contribution in [2.45, 2.75) is 26.7 Å². The van der Waals surface area contributed by atoms with Gasteiger partial charge in [0.15, 0.2) is 5.65 Å². The topological polar surface area (TPSA) is 101 Å². The molecule has 0 spiro atoms. The van der Waals surface area contributed by atoms with Gasteiger partial charge in [-0.2, -0.15) is 5.10 Å². The van der Waals surface area contributed by atoms with Crippen molar-refractivity contribution < 1.29 is 9.59 Å². The maximum atomic E-state index is 13.3. The van der Waals surface area contributed by atoms with Crippen LogP contribution in [0.3, 0.4) is 0 Å². The molecule has 33 heavy (non-hydrogen) atoms. The van der Waals surface area contributed by atoms with Gasteiger partial charge in [-0.1, -0.05) is 38.1 Å². The van der Waals surface area contributed by atoms with Gasteiger partial charge in [-0.05, 0) is 49.2 Å². The van der Waals surface area contributed by atoms with Gasteiger partial charge < -0.3 is 16.0 Å². The molecule has 0 fully saturated rings. The molecule has 168 valence electrons. The third-order valence-electron chi connectivity index (χ3n) is 5.23. The predicted molar refractivity (Wildman–Crippen MR) is 131 cm³/mol. The van der Waals surface area contributed by atoms with E-state index in [9.17, 15) is 9.59 Å². The maximum Gasteiger partial charge on any atom is 0.323 e. The number of aromatic nitrogens is 3. The number of nitrogens with zero attached hydrogens (tertiary/aromatic N) is 3. The zero-order chi connectivity index (χ0) is 23.5. The number of hydrogen-bond acceptors (Lipinski definition) is 4. The Morgan fingerprint density at radius 3 is 2.21 bits per heavy atom. The van der Waals surface area contributed by atoms with E-state index in [0.717, 1.165) is 16.8 Å². The van der Waals surface area contributed by atoms with E-state index >= 15 is 0 Å². The Bertz CT molecular complexity index is 1330. The number of amides is 3. The highest BCUT2D eigenvalue weighted by atomic mass is 16.2. The summed E-state index contributed by atoms with van der Waals surface area (Å²) in [5.41, 5.74) is 4.58. The summed E-state index contributed by atoms with van der Waals surface area (Å²) < 4.78 is 1.70. The molecule has 0 atom stereocenters. The molecular formula is C25H26N6O2. The molecule has 8 heteroatoms. The summed E-state index contributed by atoms with van der Waals surface area (Å²) in [7, 11) is 1.82. The third-order valence-corrected chi connectivity index (χ3v) is 5.23. The van der Waals surface area contributed by atoms with Crippen LogP contribution >= 0.6 is 0 Å². The van der Waals surface area contributed by atoms with E-state index in [0.29, 0.717) is 28.3 Å². The molecule has 3 N–H and O–H groups in total. The van der Waals surface area contributed by atoms with Crippen LogP contribution in [0.2, 0.25) is 0 Å². The molecule has 0 bridgehead atoms. The summed E-state index contributed by atoms with van der Waals surface area (Å²) >= 11 is 0. The average Bonchev–Trinajstić information content (AvgIpc) is 3.07. The number of fused-ring (bicyclic) bond motifs is 1. The second-order valence-electron chi connectivity index (χ2n) is 8.14. The highest BCUT2D eigenvalue weighted by Crippen LogP contribution is 2.26. The minimum atomic E-state index is -0.368. The van der Waals surface area contributed by atoms with Crippen LogP contribution in [0.1, 0.15) is 41.5 Å². The van der Waals surface area contributed by atoms with Crippen LogP contribution in [0.15, 0.2) is 60.7 Å². The number of aryl methyl sites for hydroxylation is 2. The lowest BCUT2D eigenvalue weighted by molar-refractivity contribution is 0.102. The van der Waals surface area contributed by atoms with E-state index in [1.54, 1.807) is 41.1 Å². The number of benzene rings is 2. The predicted octanol–water partition coefficient (Wildman–Crippen LogP) is 5.30. The first kappa shape index (κ1) is 22.0. The summed E-state index contributed by atoms with van der Waals surface area (Å²) in [5.74, 6) is -0.0990. The molecule has 8 nitrogen and oxygen atoms in total. The van der Waals surface area contributed by atoms with Crippen molar-refractivity contribution >= 4 is 40.0 Å². The molecule has 0 saturated carbocycles. The highest BCUT2D eigenvalue weighted by molar-refractivity contribution is 6.13. The fourth-order valence-electron chi connectivity index (χ4n) is 3.63. The van der Waals surface area contributed by atoms with Gasteiger partial charge in [-0.15, -0.1) is 0 Å². The van der Waals surface area contributed by atoms with Gasteiger partial charge in [0.2, 0.25) is 0 Å². The molecule has 0 aliphatic rings. The molecule has 3 amide bonds.